The van der Waals surface area contributed by atoms with Gasteiger partial charge in [0.1, 0.15) is 0 Å². The minimum atomic E-state index is -3.68. The summed E-state index contributed by atoms with van der Waals surface area (Å²) < 4.78 is 56.1. The van der Waals surface area contributed by atoms with Gasteiger partial charge in [0, 0.05) is 0 Å². The monoisotopic (exact) mass is 782 g/mol. The lowest BCUT2D eigenvalue weighted by molar-refractivity contribution is 0.110. The topological polar surface area (TPSA) is 73.8 Å². The fourth-order valence-electron chi connectivity index (χ4n) is 4.00. The molecule has 0 aromatic heterocycles. The maximum Gasteiger partial charge on any atom is 0.638 e. The first-order valence-corrected chi connectivity index (χ1v) is 41.7. The van der Waals surface area contributed by atoms with Crippen LogP contribution in [0.4, 0.5) is 0 Å². The van der Waals surface area contributed by atoms with E-state index in [2.05, 4.69) is 142 Å². The maximum atomic E-state index is 7.22. The highest BCUT2D eigenvalue weighted by molar-refractivity contribution is 6.92. The van der Waals surface area contributed by atoms with Gasteiger partial charge in [0.2, 0.25) is 0 Å². The fraction of sp³-hybridized carbons (Fsp3) is 0.714. The molecule has 262 valence electrons. The van der Waals surface area contributed by atoms with Gasteiger partial charge in [-0.25, -0.2) is 0 Å². The molecule has 0 amide bonds. The first kappa shape index (κ1) is 43.6. The van der Waals surface area contributed by atoms with Gasteiger partial charge in [0.05, 0.1) is 0 Å². The Bertz CT molecular complexity index is 912. The normalized spacial score (nSPS) is 15.0. The number of hydrogen-bond donors (Lipinski definition) is 0. The van der Waals surface area contributed by atoms with Gasteiger partial charge in [-0.15, -0.1) is 0 Å². The Labute approximate surface area is 287 Å². The van der Waals surface area contributed by atoms with Gasteiger partial charge in [0.25, 0.3) is 0 Å². The maximum absolute atomic E-state index is 7.22. The van der Waals surface area contributed by atoms with Crippen LogP contribution in [0.1, 0.15) is 12.0 Å². The number of allylic oxidation sites excluding steroid dienone is 1. The predicted molar refractivity (Wildman–Crippen MR) is 212 cm³/mol. The van der Waals surface area contributed by atoms with Crippen molar-refractivity contribution in [2.24, 2.45) is 0 Å². The largest absolute Gasteiger partial charge is 0.638 e. The number of hydrogen-bond acceptors (Lipinski definition) is 8. The van der Waals surface area contributed by atoms with Crippen LogP contribution >= 0.6 is 0 Å². The molecule has 45 heavy (non-hydrogen) atoms. The van der Waals surface area contributed by atoms with E-state index in [4.69, 9.17) is 32.9 Å². The van der Waals surface area contributed by atoms with Gasteiger partial charge in [0.15, 0.2) is 49.9 Å². The van der Waals surface area contributed by atoms with Crippen molar-refractivity contribution in [3.63, 3.8) is 0 Å². The third-order valence-electron chi connectivity index (χ3n) is 4.82. The van der Waals surface area contributed by atoms with Crippen molar-refractivity contribution >= 4 is 83.4 Å². The molecule has 0 N–H and O–H groups in total. The molecule has 0 heterocycles. The zero-order chi connectivity index (χ0) is 35.2. The molecule has 0 unspecified atom stereocenters. The highest BCUT2D eigenvalue weighted by Gasteiger charge is 2.59. The van der Waals surface area contributed by atoms with Crippen LogP contribution < -0.4 is 0 Å². The van der Waals surface area contributed by atoms with Crippen LogP contribution in [0, 0.1) is 0 Å². The molecule has 0 radical (unpaired) electrons. The van der Waals surface area contributed by atoms with E-state index in [0.29, 0.717) is 6.04 Å². The molecular formula is C28H66O8Si9. The molecule has 0 aliphatic rings. The van der Waals surface area contributed by atoms with E-state index in [-0.39, 0.29) is 0 Å². The molecule has 8 nitrogen and oxygen atoms in total. The first-order chi connectivity index (χ1) is 19.9. The van der Waals surface area contributed by atoms with Crippen molar-refractivity contribution in [2.75, 3.05) is 0 Å². The summed E-state index contributed by atoms with van der Waals surface area (Å²) >= 11 is 0. The number of rotatable bonds is 20. The van der Waals surface area contributed by atoms with E-state index in [1.165, 1.54) is 0 Å². The van der Waals surface area contributed by atoms with Crippen molar-refractivity contribution in [1.29, 1.82) is 0 Å². The third kappa shape index (κ3) is 21.3. The van der Waals surface area contributed by atoms with E-state index >= 15 is 0 Å². The summed E-state index contributed by atoms with van der Waals surface area (Å²) in [5.41, 5.74) is 1.15. The standard InChI is InChI=1S/C28H66O8Si9/c1-38(2,3)31-44(32-39(4,5)6,33-40(7,8)9)29-37(27-23-22-26-28-24-20-19-21-25-28)30-45(34-41(10,11)12,35-42(13,14)15)36-43(16,17)18/h19-22,24-26,37H,23,27H2,1-18H3. The van der Waals surface area contributed by atoms with E-state index in [1.54, 1.807) is 0 Å². The third-order valence-corrected chi connectivity index (χ3v) is 30.7. The first-order valence-electron chi connectivity index (χ1n) is 16.2. The highest BCUT2D eigenvalue weighted by atomic mass is 28.6. The fourth-order valence-corrected chi connectivity index (χ4v) is 33.6. The van der Waals surface area contributed by atoms with Gasteiger partial charge in [-0.05, 0) is 136 Å². The zero-order valence-corrected chi connectivity index (χ0v) is 41.0. The lowest BCUT2D eigenvalue weighted by atomic mass is 10.2. The zero-order valence-electron chi connectivity index (χ0n) is 31.8. The Morgan fingerprint density at radius 1 is 0.467 bits per heavy atom. The second-order valence-electron chi connectivity index (χ2n) is 17.3. The molecule has 1 aromatic rings. The summed E-state index contributed by atoms with van der Waals surface area (Å²) in [5.74, 6) is 0. The van der Waals surface area contributed by atoms with Crippen LogP contribution in [0.25, 0.3) is 6.08 Å². The summed E-state index contributed by atoms with van der Waals surface area (Å²) in [4.78, 5) is 0. The van der Waals surface area contributed by atoms with E-state index in [1.807, 2.05) is 18.2 Å². The molecule has 1 aromatic carbocycles. The summed E-state index contributed by atoms with van der Waals surface area (Å²) in [6.07, 6.45) is 5.08. The van der Waals surface area contributed by atoms with Gasteiger partial charge >= 0.3 is 27.4 Å². The van der Waals surface area contributed by atoms with Crippen LogP contribution in [0.2, 0.25) is 124 Å². The summed E-state index contributed by atoms with van der Waals surface area (Å²) in [5, 5.41) is 0. The van der Waals surface area contributed by atoms with Gasteiger partial charge < -0.3 is 32.9 Å². The van der Waals surface area contributed by atoms with Crippen molar-refractivity contribution < 1.29 is 32.9 Å². The average molecular weight is 784 g/mol. The van der Waals surface area contributed by atoms with Crippen LogP contribution in [0.15, 0.2) is 36.4 Å². The van der Waals surface area contributed by atoms with Crippen LogP contribution in [-0.4, -0.2) is 77.3 Å². The molecular weight excluding hydrogens is 717 g/mol. The molecule has 0 bridgehead atoms. The predicted octanol–water partition coefficient (Wildman–Crippen LogP) is 9.32. The van der Waals surface area contributed by atoms with Crippen molar-refractivity contribution in [2.45, 2.75) is 130 Å². The highest BCUT2D eigenvalue weighted by Crippen LogP contribution is 2.32. The van der Waals surface area contributed by atoms with Crippen molar-refractivity contribution in [3.05, 3.63) is 42.0 Å². The Hall–Kier alpha value is 0.592. The summed E-state index contributed by atoms with van der Waals surface area (Å²) in [6, 6.07) is 11.0. The SMILES string of the molecule is C[Si](C)(C)O[Si](O[SiH](CCC=Cc1ccccc1)O[Si](O[Si](C)(C)C)(O[Si](C)(C)C)O[Si](C)(C)C)(O[Si](C)(C)C)O[Si](C)(C)C. The van der Waals surface area contributed by atoms with Crippen LogP contribution in [-0.2, 0) is 32.9 Å². The molecule has 0 atom stereocenters. The molecule has 0 spiro atoms. The molecule has 0 saturated carbocycles. The van der Waals surface area contributed by atoms with Crippen molar-refractivity contribution in [3.8, 4) is 0 Å². The lowest BCUT2D eigenvalue weighted by Crippen LogP contribution is -2.68. The second-order valence-corrected chi connectivity index (χ2v) is 52.9. The average Bonchev–Trinajstić information content (AvgIpc) is 2.69. The van der Waals surface area contributed by atoms with Gasteiger partial charge in [-0.1, -0.05) is 42.5 Å². The molecule has 17 heteroatoms. The summed E-state index contributed by atoms with van der Waals surface area (Å²) in [6.45, 7) is 38.9. The smallest absolute Gasteiger partial charge is 0.396 e. The minimum Gasteiger partial charge on any atom is -0.396 e. The Morgan fingerprint density at radius 3 is 1.02 bits per heavy atom. The van der Waals surface area contributed by atoms with Crippen LogP contribution in [0.5, 0.6) is 0 Å². The Morgan fingerprint density at radius 2 is 0.756 bits per heavy atom. The molecule has 1 rings (SSSR count). The van der Waals surface area contributed by atoms with E-state index in [9.17, 15) is 0 Å². The van der Waals surface area contributed by atoms with Crippen molar-refractivity contribution in [1.82, 2.24) is 0 Å². The molecule has 0 aliphatic heterocycles. The van der Waals surface area contributed by atoms with Crippen LogP contribution in [0.3, 0.4) is 0 Å². The van der Waals surface area contributed by atoms with E-state index < -0.39 is 77.3 Å². The number of benzene rings is 1. The molecule has 0 saturated heterocycles. The minimum absolute atomic E-state index is 0.658. The Balaban J connectivity index is 3.83. The molecule has 0 aliphatic carbocycles. The quantitative estimate of drug-likeness (QED) is 0.121. The van der Waals surface area contributed by atoms with E-state index in [0.717, 1.165) is 12.0 Å². The second kappa shape index (κ2) is 16.5. The molecule has 0 fully saturated rings. The Kier molecular flexibility index (Phi) is 16.0. The summed E-state index contributed by atoms with van der Waals surface area (Å²) in [7, 11) is -23.2. The van der Waals surface area contributed by atoms with Gasteiger partial charge in [-0.3, -0.25) is 0 Å². The van der Waals surface area contributed by atoms with Gasteiger partial charge in [-0.2, -0.15) is 0 Å². The lowest BCUT2D eigenvalue weighted by Gasteiger charge is -2.45.